The van der Waals surface area contributed by atoms with Gasteiger partial charge in [-0.3, -0.25) is 0 Å². The second-order valence-electron chi connectivity index (χ2n) is 4.48. The average Bonchev–Trinajstić information content (AvgIpc) is 2.43. The Balaban J connectivity index is 1.85. The van der Waals surface area contributed by atoms with Crippen molar-refractivity contribution in [3.63, 3.8) is 0 Å². The number of esters is 1. The number of ether oxygens (including phenoxy) is 2. The highest BCUT2D eigenvalue weighted by Crippen LogP contribution is 2.18. The van der Waals surface area contributed by atoms with Crippen LogP contribution in [0.25, 0.3) is 0 Å². The molecule has 0 aliphatic rings. The Morgan fingerprint density at radius 2 is 1.95 bits per heavy atom. The van der Waals surface area contributed by atoms with E-state index in [1.54, 1.807) is 12.1 Å². The second-order valence-corrected chi connectivity index (χ2v) is 5.40. The number of benzene rings is 2. The lowest BCUT2D eigenvalue weighted by Gasteiger charge is -2.10. The van der Waals surface area contributed by atoms with Gasteiger partial charge in [0.15, 0.2) is 0 Å². The quantitative estimate of drug-likeness (QED) is 0.509. The summed E-state index contributed by atoms with van der Waals surface area (Å²) in [7, 11) is 0. The maximum Gasteiger partial charge on any atom is 0.340 e. The molecule has 0 aliphatic carbocycles. The summed E-state index contributed by atoms with van der Waals surface area (Å²) < 4.78 is 11.6. The van der Waals surface area contributed by atoms with Gasteiger partial charge >= 0.3 is 5.97 Å². The highest BCUT2D eigenvalue weighted by Gasteiger charge is 2.13. The smallest absolute Gasteiger partial charge is 0.340 e. The molecule has 2 aromatic rings. The number of hydrogen-bond donors (Lipinski definition) is 1. The molecule has 0 atom stereocenters. The van der Waals surface area contributed by atoms with Crippen molar-refractivity contribution in [1.82, 2.24) is 0 Å². The van der Waals surface area contributed by atoms with Crippen LogP contribution in [-0.2, 0) is 4.74 Å². The van der Waals surface area contributed by atoms with Gasteiger partial charge in [-0.05, 0) is 36.8 Å². The highest BCUT2D eigenvalue weighted by atomic mass is 79.9. The van der Waals surface area contributed by atoms with Gasteiger partial charge < -0.3 is 15.2 Å². The molecular weight excluding hydrogens is 334 g/mol. The van der Waals surface area contributed by atoms with Crippen LogP contribution >= 0.6 is 15.9 Å². The summed E-state index contributed by atoms with van der Waals surface area (Å²) in [6, 6.07) is 12.8. The molecule has 0 unspecified atom stereocenters. The van der Waals surface area contributed by atoms with Gasteiger partial charge in [0.2, 0.25) is 0 Å². The molecule has 2 rings (SSSR count). The topological polar surface area (TPSA) is 61.6 Å². The largest absolute Gasteiger partial charge is 0.490 e. The molecule has 4 nitrogen and oxygen atoms in total. The molecule has 2 aromatic carbocycles. The lowest BCUT2D eigenvalue weighted by atomic mass is 10.1. The first-order valence-electron chi connectivity index (χ1n) is 6.48. The van der Waals surface area contributed by atoms with Crippen LogP contribution in [0.15, 0.2) is 46.9 Å². The fraction of sp³-hybridized carbons (Fsp3) is 0.188. The van der Waals surface area contributed by atoms with E-state index in [1.807, 2.05) is 37.3 Å². The standard InChI is InChI=1S/C16H16BrNO3/c1-11-4-2-7-14(18)15(11)16(19)21-9-8-20-13-6-3-5-12(17)10-13/h2-7,10H,8-9,18H2,1H3. The van der Waals surface area contributed by atoms with Crippen LogP contribution in [0.4, 0.5) is 5.69 Å². The number of nitrogen functional groups attached to an aromatic ring is 1. The van der Waals surface area contributed by atoms with Gasteiger partial charge in [-0.15, -0.1) is 0 Å². The Hall–Kier alpha value is -2.01. The summed E-state index contributed by atoms with van der Waals surface area (Å²) in [5, 5.41) is 0. The third-order valence-corrected chi connectivity index (χ3v) is 3.38. The molecule has 0 spiro atoms. The van der Waals surface area contributed by atoms with Crippen molar-refractivity contribution in [1.29, 1.82) is 0 Å². The van der Waals surface area contributed by atoms with E-state index in [-0.39, 0.29) is 13.2 Å². The second kappa shape index (κ2) is 7.13. The van der Waals surface area contributed by atoms with Crippen molar-refractivity contribution in [2.24, 2.45) is 0 Å². The zero-order valence-electron chi connectivity index (χ0n) is 11.6. The van der Waals surface area contributed by atoms with E-state index in [2.05, 4.69) is 15.9 Å². The van der Waals surface area contributed by atoms with Gasteiger partial charge in [0.1, 0.15) is 19.0 Å². The minimum absolute atomic E-state index is 0.166. The number of carbonyl (C=O) groups is 1. The Morgan fingerprint density at radius 3 is 2.67 bits per heavy atom. The van der Waals surface area contributed by atoms with Gasteiger partial charge in [-0.25, -0.2) is 4.79 Å². The Kier molecular flexibility index (Phi) is 5.22. The number of rotatable bonds is 5. The first kappa shape index (κ1) is 15.4. The zero-order valence-corrected chi connectivity index (χ0v) is 13.2. The van der Waals surface area contributed by atoms with Gasteiger partial charge in [-0.1, -0.05) is 34.1 Å². The molecule has 0 aliphatic heterocycles. The average molecular weight is 350 g/mol. The molecule has 0 saturated heterocycles. The third-order valence-electron chi connectivity index (χ3n) is 2.89. The molecule has 5 heteroatoms. The molecule has 0 heterocycles. The monoisotopic (exact) mass is 349 g/mol. The zero-order chi connectivity index (χ0) is 15.2. The molecule has 0 bridgehead atoms. The molecule has 2 N–H and O–H groups in total. The first-order valence-corrected chi connectivity index (χ1v) is 7.28. The van der Waals surface area contributed by atoms with Crippen molar-refractivity contribution in [3.05, 3.63) is 58.1 Å². The molecule has 0 aromatic heterocycles. The fourth-order valence-electron chi connectivity index (χ4n) is 1.89. The third kappa shape index (κ3) is 4.23. The van der Waals surface area contributed by atoms with Gasteiger partial charge in [0, 0.05) is 10.2 Å². The number of halogens is 1. The van der Waals surface area contributed by atoms with Crippen molar-refractivity contribution in [2.75, 3.05) is 18.9 Å². The number of carbonyl (C=O) groups excluding carboxylic acids is 1. The molecule has 0 radical (unpaired) electrons. The van der Waals surface area contributed by atoms with Crippen LogP contribution in [0.2, 0.25) is 0 Å². The van der Waals surface area contributed by atoms with Crippen molar-refractivity contribution < 1.29 is 14.3 Å². The van der Waals surface area contributed by atoms with Crippen LogP contribution in [-0.4, -0.2) is 19.2 Å². The maximum absolute atomic E-state index is 12.0. The van der Waals surface area contributed by atoms with E-state index in [9.17, 15) is 4.79 Å². The van der Waals surface area contributed by atoms with Crippen LogP contribution in [0.3, 0.4) is 0 Å². The lowest BCUT2D eigenvalue weighted by molar-refractivity contribution is 0.0451. The van der Waals surface area contributed by atoms with Crippen LogP contribution < -0.4 is 10.5 Å². The minimum atomic E-state index is -0.427. The summed E-state index contributed by atoms with van der Waals surface area (Å²) in [4.78, 5) is 12.0. The van der Waals surface area contributed by atoms with Gasteiger partial charge in [0.25, 0.3) is 0 Å². The number of aryl methyl sites for hydroxylation is 1. The highest BCUT2D eigenvalue weighted by molar-refractivity contribution is 9.10. The molecule has 110 valence electrons. The predicted molar refractivity (Wildman–Crippen MR) is 85.5 cm³/mol. The molecule has 21 heavy (non-hydrogen) atoms. The summed E-state index contributed by atoms with van der Waals surface area (Å²) >= 11 is 3.36. The Morgan fingerprint density at radius 1 is 1.19 bits per heavy atom. The fourth-order valence-corrected chi connectivity index (χ4v) is 2.27. The van der Waals surface area contributed by atoms with E-state index >= 15 is 0 Å². The van der Waals surface area contributed by atoms with Crippen LogP contribution in [0.1, 0.15) is 15.9 Å². The maximum atomic E-state index is 12.0. The van der Waals surface area contributed by atoms with Crippen molar-refractivity contribution in [3.8, 4) is 5.75 Å². The van der Waals surface area contributed by atoms with Gasteiger partial charge in [-0.2, -0.15) is 0 Å². The summed E-state index contributed by atoms with van der Waals surface area (Å²) in [5.41, 5.74) is 7.44. The summed E-state index contributed by atoms with van der Waals surface area (Å²) in [6.45, 7) is 2.28. The van der Waals surface area contributed by atoms with Crippen LogP contribution in [0, 0.1) is 6.92 Å². The molecule has 0 saturated carbocycles. The summed E-state index contributed by atoms with van der Waals surface area (Å²) in [6.07, 6.45) is 0. The Labute approximate surface area is 132 Å². The first-order chi connectivity index (χ1) is 10.1. The van der Waals surface area contributed by atoms with Crippen LogP contribution in [0.5, 0.6) is 5.75 Å². The predicted octanol–water partition coefficient (Wildman–Crippen LogP) is 3.58. The van der Waals surface area contributed by atoms with Crippen molar-refractivity contribution in [2.45, 2.75) is 6.92 Å². The lowest BCUT2D eigenvalue weighted by Crippen LogP contribution is -2.14. The molecular formula is C16H16BrNO3. The Bertz CT molecular complexity index is 623. The summed E-state index contributed by atoms with van der Waals surface area (Å²) in [5.74, 6) is 0.291. The number of hydrogen-bond acceptors (Lipinski definition) is 4. The van der Waals surface area contributed by atoms with E-state index in [4.69, 9.17) is 15.2 Å². The molecule has 0 fully saturated rings. The number of anilines is 1. The normalized spacial score (nSPS) is 10.2. The molecule has 0 amide bonds. The van der Waals surface area contributed by atoms with E-state index in [0.29, 0.717) is 11.3 Å². The van der Waals surface area contributed by atoms with E-state index < -0.39 is 5.97 Å². The minimum Gasteiger partial charge on any atom is -0.490 e. The van der Waals surface area contributed by atoms with E-state index in [0.717, 1.165) is 15.8 Å². The van der Waals surface area contributed by atoms with Gasteiger partial charge in [0.05, 0.1) is 5.56 Å². The van der Waals surface area contributed by atoms with Crippen molar-refractivity contribution >= 4 is 27.6 Å². The number of nitrogens with two attached hydrogens (primary N) is 1. The van der Waals surface area contributed by atoms with E-state index in [1.165, 1.54) is 0 Å². The SMILES string of the molecule is Cc1cccc(N)c1C(=O)OCCOc1cccc(Br)c1.